The molecule has 30 heavy (non-hydrogen) atoms. The number of nitrogens with one attached hydrogen (secondary N) is 1. The molecule has 0 saturated heterocycles. The van der Waals surface area contributed by atoms with Crippen molar-refractivity contribution in [1.29, 1.82) is 0 Å². The quantitative estimate of drug-likeness (QED) is 0.610. The fourth-order valence-electron chi connectivity index (χ4n) is 2.79. The summed E-state index contributed by atoms with van der Waals surface area (Å²) >= 11 is 1.48. The number of nitrogens with zero attached hydrogens (tertiary/aromatic N) is 1. The Balaban J connectivity index is 1.62. The van der Waals surface area contributed by atoms with Gasteiger partial charge in [-0.05, 0) is 42.7 Å². The van der Waals surface area contributed by atoms with Gasteiger partial charge in [-0.2, -0.15) is 11.8 Å². The van der Waals surface area contributed by atoms with E-state index in [2.05, 4.69) is 5.32 Å². The van der Waals surface area contributed by atoms with E-state index in [1.807, 2.05) is 12.3 Å². The average Bonchev–Trinajstić information content (AvgIpc) is 3.01. The maximum Gasteiger partial charge on any atom is 0.355 e. The fourth-order valence-corrected chi connectivity index (χ4v) is 3.26. The third-order valence-corrected chi connectivity index (χ3v) is 4.93. The number of carbonyl (C=O) groups is 4. The molecule has 1 aliphatic rings. The number of amides is 3. The van der Waals surface area contributed by atoms with Crippen molar-refractivity contribution >= 4 is 35.5 Å². The Morgan fingerprint density at radius 3 is 2.20 bits per heavy atom. The van der Waals surface area contributed by atoms with Crippen LogP contribution in [0.1, 0.15) is 27.1 Å². The van der Waals surface area contributed by atoms with Crippen LogP contribution < -0.4 is 10.1 Å². The number of thioether (sulfide) groups is 1. The van der Waals surface area contributed by atoms with Gasteiger partial charge in [0.25, 0.3) is 17.7 Å². The molecule has 0 radical (unpaired) electrons. The third-order valence-electron chi connectivity index (χ3n) is 4.28. The minimum absolute atomic E-state index is 0.163. The Labute approximate surface area is 177 Å². The van der Waals surface area contributed by atoms with Crippen LogP contribution in [-0.2, 0) is 14.4 Å². The third kappa shape index (κ3) is 4.98. The van der Waals surface area contributed by atoms with Gasteiger partial charge in [-0.25, -0.2) is 4.79 Å². The van der Waals surface area contributed by atoms with Crippen molar-refractivity contribution in [2.24, 2.45) is 0 Å². The first-order valence-corrected chi connectivity index (χ1v) is 10.6. The molecular weight excluding hydrogens is 408 g/mol. The van der Waals surface area contributed by atoms with Crippen molar-refractivity contribution in [3.63, 3.8) is 0 Å². The molecule has 2 aromatic carbocycles. The first-order valence-electron chi connectivity index (χ1n) is 9.17. The van der Waals surface area contributed by atoms with Crippen LogP contribution in [0.3, 0.4) is 0 Å². The maximum atomic E-state index is 12.6. The van der Waals surface area contributed by atoms with Crippen LogP contribution >= 0.6 is 11.8 Å². The molecule has 0 spiro atoms. The van der Waals surface area contributed by atoms with Crippen molar-refractivity contribution in [3.8, 4) is 5.75 Å². The van der Waals surface area contributed by atoms with Crippen molar-refractivity contribution in [1.82, 2.24) is 10.4 Å². The molecule has 2 aromatic rings. The van der Waals surface area contributed by atoms with E-state index in [4.69, 9.17) is 9.57 Å². The van der Waals surface area contributed by atoms with Crippen LogP contribution in [0.15, 0.2) is 54.6 Å². The highest BCUT2D eigenvalue weighted by Crippen LogP contribution is 2.23. The van der Waals surface area contributed by atoms with E-state index in [0.717, 1.165) is 0 Å². The van der Waals surface area contributed by atoms with Crippen LogP contribution in [0, 0.1) is 0 Å². The van der Waals surface area contributed by atoms with Crippen molar-refractivity contribution < 1.29 is 28.8 Å². The topological polar surface area (TPSA) is 102 Å². The number of benzene rings is 2. The number of imide groups is 1. The molecule has 0 fully saturated rings. The molecule has 1 N–H and O–H groups in total. The minimum Gasteiger partial charge on any atom is -0.484 e. The molecule has 3 rings (SSSR count). The molecule has 1 atom stereocenters. The summed E-state index contributed by atoms with van der Waals surface area (Å²) in [7, 11) is 0. The van der Waals surface area contributed by atoms with Crippen LogP contribution in [0.4, 0.5) is 0 Å². The first-order chi connectivity index (χ1) is 14.5. The summed E-state index contributed by atoms with van der Waals surface area (Å²) in [6, 6.07) is 13.9. The number of hydrogen-bond donors (Lipinski definition) is 1. The SMILES string of the molecule is CSCCC(NC(=O)COc1ccccc1)C(=O)ON1C(=O)c2ccccc2C1=O. The monoisotopic (exact) mass is 428 g/mol. The second kappa shape index (κ2) is 9.93. The van der Waals surface area contributed by atoms with E-state index in [1.165, 1.54) is 23.9 Å². The smallest absolute Gasteiger partial charge is 0.355 e. The highest BCUT2D eigenvalue weighted by molar-refractivity contribution is 7.98. The van der Waals surface area contributed by atoms with Crippen molar-refractivity contribution in [3.05, 3.63) is 65.7 Å². The highest BCUT2D eigenvalue weighted by Gasteiger charge is 2.39. The Kier molecular flexibility index (Phi) is 7.08. The van der Waals surface area contributed by atoms with E-state index in [0.29, 0.717) is 16.6 Å². The lowest BCUT2D eigenvalue weighted by molar-refractivity contribution is -0.171. The molecule has 0 bridgehead atoms. The minimum atomic E-state index is -1.03. The lowest BCUT2D eigenvalue weighted by atomic mass is 10.1. The molecule has 156 valence electrons. The zero-order chi connectivity index (χ0) is 21.5. The predicted molar refractivity (Wildman–Crippen MR) is 110 cm³/mol. The molecule has 0 aliphatic carbocycles. The Bertz CT molecular complexity index is 915. The second-order valence-corrected chi connectivity index (χ2v) is 7.35. The number of hydrogen-bond acceptors (Lipinski definition) is 7. The van der Waals surface area contributed by atoms with E-state index >= 15 is 0 Å². The van der Waals surface area contributed by atoms with Gasteiger partial charge in [-0.15, -0.1) is 0 Å². The average molecular weight is 428 g/mol. The van der Waals surface area contributed by atoms with Crippen LogP contribution in [0.5, 0.6) is 5.75 Å². The number of hydroxylamine groups is 2. The van der Waals surface area contributed by atoms with Gasteiger partial charge in [-0.1, -0.05) is 35.4 Å². The van der Waals surface area contributed by atoms with Gasteiger partial charge in [0.15, 0.2) is 6.61 Å². The van der Waals surface area contributed by atoms with Crippen molar-refractivity contribution in [2.75, 3.05) is 18.6 Å². The standard InChI is InChI=1S/C21H20N2O6S/c1-30-12-11-17(22-18(24)13-28-14-7-3-2-4-8-14)21(27)29-23-19(25)15-9-5-6-10-16(15)20(23)26/h2-10,17H,11-13H2,1H3,(H,22,24). The number of rotatable bonds is 9. The van der Waals surface area contributed by atoms with Gasteiger partial charge in [0.05, 0.1) is 11.1 Å². The van der Waals surface area contributed by atoms with E-state index in [9.17, 15) is 19.2 Å². The van der Waals surface area contributed by atoms with Gasteiger partial charge in [0.2, 0.25) is 0 Å². The molecular formula is C21H20N2O6S. The van der Waals surface area contributed by atoms with Crippen LogP contribution in [0.2, 0.25) is 0 Å². The molecule has 0 saturated carbocycles. The van der Waals surface area contributed by atoms with Gasteiger partial charge in [0.1, 0.15) is 11.8 Å². The molecule has 1 aliphatic heterocycles. The molecule has 8 nitrogen and oxygen atoms in total. The van der Waals surface area contributed by atoms with E-state index in [1.54, 1.807) is 36.4 Å². The Hall–Kier alpha value is -3.33. The van der Waals surface area contributed by atoms with Gasteiger partial charge in [0, 0.05) is 0 Å². The Morgan fingerprint density at radius 1 is 1.00 bits per heavy atom. The lowest BCUT2D eigenvalue weighted by Gasteiger charge is -2.20. The van der Waals surface area contributed by atoms with Crippen molar-refractivity contribution in [2.45, 2.75) is 12.5 Å². The highest BCUT2D eigenvalue weighted by atomic mass is 32.2. The second-order valence-electron chi connectivity index (χ2n) is 6.36. The zero-order valence-corrected chi connectivity index (χ0v) is 17.0. The number of ether oxygens (including phenoxy) is 1. The summed E-state index contributed by atoms with van der Waals surface area (Å²) < 4.78 is 5.37. The first kappa shape index (κ1) is 21.4. The van der Waals surface area contributed by atoms with Crippen LogP contribution in [-0.4, -0.2) is 53.4 Å². The summed E-state index contributed by atoms with van der Waals surface area (Å²) in [4.78, 5) is 54.7. The summed E-state index contributed by atoms with van der Waals surface area (Å²) in [5.74, 6) is -1.78. The zero-order valence-electron chi connectivity index (χ0n) is 16.2. The summed E-state index contributed by atoms with van der Waals surface area (Å²) in [6.07, 6.45) is 2.12. The Morgan fingerprint density at radius 2 is 1.60 bits per heavy atom. The molecule has 3 amide bonds. The summed E-state index contributed by atoms with van der Waals surface area (Å²) in [5, 5.41) is 2.98. The van der Waals surface area contributed by atoms with Gasteiger partial charge in [-0.3, -0.25) is 14.4 Å². The number of para-hydroxylation sites is 1. The fraction of sp³-hybridized carbons (Fsp3) is 0.238. The summed E-state index contributed by atoms with van der Waals surface area (Å²) in [5.41, 5.74) is 0.326. The largest absolute Gasteiger partial charge is 0.484 e. The molecule has 1 heterocycles. The lowest BCUT2D eigenvalue weighted by Crippen LogP contribution is -2.47. The van der Waals surface area contributed by atoms with Gasteiger partial charge >= 0.3 is 5.97 Å². The van der Waals surface area contributed by atoms with E-state index in [-0.39, 0.29) is 24.2 Å². The maximum absolute atomic E-state index is 12.6. The molecule has 9 heteroatoms. The molecule has 0 aromatic heterocycles. The number of fused-ring (bicyclic) bond motifs is 1. The summed E-state index contributed by atoms with van der Waals surface area (Å²) in [6.45, 7) is -0.292. The predicted octanol–water partition coefficient (Wildman–Crippen LogP) is 2.06. The van der Waals surface area contributed by atoms with Gasteiger partial charge < -0.3 is 14.9 Å². The van der Waals surface area contributed by atoms with Crippen LogP contribution in [0.25, 0.3) is 0 Å². The molecule has 1 unspecified atom stereocenters. The number of carbonyl (C=O) groups excluding carboxylic acids is 4. The van der Waals surface area contributed by atoms with E-state index < -0.39 is 29.7 Å². The normalized spacial score (nSPS) is 13.6.